The second-order valence-corrected chi connectivity index (χ2v) is 4.13. The Morgan fingerprint density at radius 1 is 1.11 bits per heavy atom. The van der Waals surface area contributed by atoms with Crippen molar-refractivity contribution < 1.29 is 14.6 Å². The molecule has 1 atom stereocenters. The molecule has 0 aliphatic heterocycles. The fourth-order valence-electron chi connectivity index (χ4n) is 1.72. The molecule has 0 saturated carbocycles. The van der Waals surface area contributed by atoms with E-state index in [2.05, 4.69) is 0 Å². The van der Waals surface area contributed by atoms with Crippen molar-refractivity contribution in [3.8, 4) is 0 Å². The Hall–Kier alpha value is -0.650. The van der Waals surface area contributed by atoms with E-state index in [4.69, 9.17) is 20.3 Å². The maximum atomic E-state index is 8.91. The van der Waals surface area contributed by atoms with E-state index in [1.54, 1.807) is 0 Å². The highest BCUT2D eigenvalue weighted by molar-refractivity contribution is 5.85. The van der Waals surface area contributed by atoms with Crippen molar-refractivity contribution in [2.75, 3.05) is 19.8 Å². The number of hydrogen-bond donors (Lipinski definition) is 2. The lowest BCUT2D eigenvalue weighted by Crippen LogP contribution is -2.26. The van der Waals surface area contributed by atoms with Gasteiger partial charge in [0.2, 0.25) is 0 Å². The fraction of sp³-hybridized carbons (Fsp3) is 0.571. The summed E-state index contributed by atoms with van der Waals surface area (Å²) in [7, 11) is 0. The minimum absolute atomic E-state index is 0. The first-order valence-electron chi connectivity index (χ1n) is 6.39. The van der Waals surface area contributed by atoms with Crippen molar-refractivity contribution in [3.05, 3.63) is 35.4 Å². The summed E-state index contributed by atoms with van der Waals surface area (Å²) in [5.41, 5.74) is 7.80. The Bertz CT molecular complexity index is 326. The third kappa shape index (κ3) is 6.36. The molecule has 0 aliphatic carbocycles. The Morgan fingerprint density at radius 2 is 1.63 bits per heavy atom. The van der Waals surface area contributed by atoms with E-state index in [-0.39, 0.29) is 31.3 Å². The van der Waals surface area contributed by atoms with Crippen LogP contribution in [0.15, 0.2) is 24.3 Å². The van der Waals surface area contributed by atoms with Gasteiger partial charge < -0.3 is 20.3 Å². The van der Waals surface area contributed by atoms with Crippen molar-refractivity contribution in [1.82, 2.24) is 0 Å². The summed E-state index contributed by atoms with van der Waals surface area (Å²) in [5.74, 6) is 0. The lowest BCUT2D eigenvalue weighted by Gasteiger charge is -2.17. The molecular formula is C14H24ClNO3. The maximum Gasteiger partial charge on any atom is 0.183 e. The molecule has 0 saturated heterocycles. The van der Waals surface area contributed by atoms with Crippen LogP contribution in [0.1, 0.15) is 31.3 Å². The summed E-state index contributed by atoms with van der Waals surface area (Å²) in [6.45, 7) is 5.12. The number of aliphatic hydroxyl groups excluding tert-OH is 1. The van der Waals surface area contributed by atoms with Crippen LogP contribution in [0.25, 0.3) is 0 Å². The predicted octanol–water partition coefficient (Wildman–Crippen LogP) is 2.04. The van der Waals surface area contributed by atoms with Crippen molar-refractivity contribution in [2.45, 2.75) is 32.6 Å². The highest BCUT2D eigenvalue weighted by atomic mass is 35.5. The topological polar surface area (TPSA) is 64.7 Å². The van der Waals surface area contributed by atoms with Crippen LogP contribution in [-0.4, -0.2) is 31.0 Å². The molecule has 4 nitrogen and oxygen atoms in total. The number of rotatable bonds is 8. The zero-order valence-electron chi connectivity index (χ0n) is 11.5. The van der Waals surface area contributed by atoms with E-state index in [9.17, 15) is 0 Å². The molecule has 110 valence electrons. The number of benzene rings is 1. The van der Waals surface area contributed by atoms with Gasteiger partial charge >= 0.3 is 0 Å². The summed E-state index contributed by atoms with van der Waals surface area (Å²) in [5, 5.41) is 8.91. The average Bonchev–Trinajstić information content (AvgIpc) is 2.39. The molecule has 19 heavy (non-hydrogen) atoms. The van der Waals surface area contributed by atoms with Gasteiger partial charge in [0, 0.05) is 24.8 Å². The first-order chi connectivity index (χ1) is 8.71. The monoisotopic (exact) mass is 289 g/mol. The number of halogens is 1. The molecule has 0 spiro atoms. The van der Waals surface area contributed by atoms with E-state index in [1.165, 1.54) is 0 Å². The predicted molar refractivity (Wildman–Crippen MR) is 78.4 cm³/mol. The van der Waals surface area contributed by atoms with Gasteiger partial charge in [-0.1, -0.05) is 24.3 Å². The van der Waals surface area contributed by atoms with Crippen LogP contribution in [0, 0.1) is 0 Å². The molecule has 1 aromatic carbocycles. The van der Waals surface area contributed by atoms with Crippen LogP contribution in [-0.2, 0) is 15.9 Å². The number of ether oxygens (including phenoxy) is 2. The van der Waals surface area contributed by atoms with Crippen molar-refractivity contribution in [3.63, 3.8) is 0 Å². The van der Waals surface area contributed by atoms with E-state index in [0.717, 1.165) is 11.1 Å². The fourth-order valence-corrected chi connectivity index (χ4v) is 1.72. The Morgan fingerprint density at radius 3 is 2.05 bits per heavy atom. The highest BCUT2D eigenvalue weighted by Gasteiger charge is 2.11. The molecule has 0 aliphatic rings. The van der Waals surface area contributed by atoms with Gasteiger partial charge in [-0.05, 0) is 25.8 Å². The second kappa shape index (κ2) is 10.2. The van der Waals surface area contributed by atoms with Crippen LogP contribution in [0.3, 0.4) is 0 Å². The van der Waals surface area contributed by atoms with Crippen LogP contribution in [0.2, 0.25) is 0 Å². The molecule has 1 unspecified atom stereocenters. The summed E-state index contributed by atoms with van der Waals surface area (Å²) in [4.78, 5) is 0. The van der Waals surface area contributed by atoms with E-state index in [1.807, 2.05) is 38.1 Å². The van der Waals surface area contributed by atoms with Gasteiger partial charge in [-0.3, -0.25) is 0 Å². The molecule has 0 heterocycles. The minimum atomic E-state index is -0.305. The highest BCUT2D eigenvalue weighted by Crippen LogP contribution is 2.19. The van der Waals surface area contributed by atoms with E-state index >= 15 is 0 Å². The average molecular weight is 290 g/mol. The molecule has 0 amide bonds. The van der Waals surface area contributed by atoms with Gasteiger partial charge in [-0.25, -0.2) is 0 Å². The van der Waals surface area contributed by atoms with Gasteiger partial charge in [-0.15, -0.1) is 12.4 Å². The van der Waals surface area contributed by atoms with Gasteiger partial charge in [0.15, 0.2) is 6.29 Å². The Labute approximate surface area is 121 Å². The van der Waals surface area contributed by atoms with Gasteiger partial charge in [0.1, 0.15) is 0 Å². The quantitative estimate of drug-likeness (QED) is 0.719. The molecular weight excluding hydrogens is 266 g/mol. The number of nitrogens with two attached hydrogens (primary N) is 1. The third-order valence-electron chi connectivity index (χ3n) is 2.62. The lowest BCUT2D eigenvalue weighted by atomic mass is 10.0. The summed E-state index contributed by atoms with van der Waals surface area (Å²) in [6.07, 6.45) is 0.366. The second-order valence-electron chi connectivity index (χ2n) is 4.13. The zero-order chi connectivity index (χ0) is 13.4. The van der Waals surface area contributed by atoms with Crippen molar-refractivity contribution in [1.29, 1.82) is 0 Å². The molecule has 0 aromatic heterocycles. The molecule has 5 heteroatoms. The molecule has 1 rings (SSSR count). The molecule has 0 bridgehead atoms. The molecule has 0 radical (unpaired) electrons. The van der Waals surface area contributed by atoms with Gasteiger partial charge in [0.25, 0.3) is 0 Å². The zero-order valence-corrected chi connectivity index (χ0v) is 12.4. The van der Waals surface area contributed by atoms with Crippen LogP contribution in [0.5, 0.6) is 0 Å². The molecule has 0 fully saturated rings. The summed E-state index contributed by atoms with van der Waals surface area (Å²) >= 11 is 0. The van der Waals surface area contributed by atoms with Gasteiger partial charge in [0.05, 0.1) is 6.61 Å². The third-order valence-corrected chi connectivity index (χ3v) is 2.62. The normalized spacial score (nSPS) is 12.3. The van der Waals surface area contributed by atoms with Crippen LogP contribution >= 0.6 is 12.4 Å². The first-order valence-corrected chi connectivity index (χ1v) is 6.39. The Balaban J connectivity index is 0.00000324. The standard InChI is InChI=1S/C14H23NO3.ClH/c1-3-17-14(18-4-2)12-7-5-11(6-8-12)9-13(15)10-16;/h5-8,13-14,16H,3-4,9-10,15H2,1-2H3;1H. The minimum Gasteiger partial charge on any atom is -0.395 e. The Kier molecular flexibility index (Phi) is 9.83. The van der Waals surface area contributed by atoms with E-state index < -0.39 is 0 Å². The maximum absolute atomic E-state index is 8.91. The number of hydrogen-bond acceptors (Lipinski definition) is 4. The van der Waals surface area contributed by atoms with Crippen molar-refractivity contribution in [2.24, 2.45) is 5.73 Å². The summed E-state index contributed by atoms with van der Waals surface area (Å²) in [6, 6.07) is 7.75. The van der Waals surface area contributed by atoms with Crippen LogP contribution in [0.4, 0.5) is 0 Å². The molecule has 1 aromatic rings. The molecule has 3 N–H and O–H groups in total. The van der Waals surface area contributed by atoms with Gasteiger partial charge in [-0.2, -0.15) is 0 Å². The number of aliphatic hydroxyl groups is 1. The smallest absolute Gasteiger partial charge is 0.183 e. The van der Waals surface area contributed by atoms with Crippen LogP contribution < -0.4 is 5.73 Å². The van der Waals surface area contributed by atoms with E-state index in [0.29, 0.717) is 19.6 Å². The van der Waals surface area contributed by atoms with Crippen molar-refractivity contribution >= 4 is 12.4 Å². The lowest BCUT2D eigenvalue weighted by molar-refractivity contribution is -0.140. The summed E-state index contributed by atoms with van der Waals surface area (Å²) < 4.78 is 11.0. The largest absolute Gasteiger partial charge is 0.395 e. The first kappa shape index (κ1) is 18.4. The SMILES string of the molecule is CCOC(OCC)c1ccc(CC(N)CO)cc1.Cl.